The first kappa shape index (κ1) is 31.8. The summed E-state index contributed by atoms with van der Waals surface area (Å²) >= 11 is 0. The first-order valence-electron chi connectivity index (χ1n) is 18.5. The van der Waals surface area contributed by atoms with Gasteiger partial charge in [0.25, 0.3) is 0 Å². The van der Waals surface area contributed by atoms with Crippen LogP contribution in [0.2, 0.25) is 0 Å². The van der Waals surface area contributed by atoms with Crippen LogP contribution in [0, 0.1) is 0 Å². The Morgan fingerprint density at radius 3 is 1.00 bits per heavy atom. The van der Waals surface area contributed by atoms with Crippen LogP contribution in [0.5, 0.6) is 0 Å². The fraction of sp³-hybridized carbons (Fsp3) is 0.160. The third-order valence-electron chi connectivity index (χ3n) is 10.4. The van der Waals surface area contributed by atoms with E-state index in [4.69, 9.17) is 0 Å². The molecular weight excluding hydrogens is 601 g/mol. The van der Waals surface area contributed by atoms with Crippen LogP contribution in [-0.4, -0.2) is 0 Å². The SMILES string of the molecule is CCCCc1ccc(-c2cc(-c3ccc(CCCC)cc3)cc(-c3ccc(-c4ccc5c6ccccc6c6ccccc6c5c4)cc3)c2)cc1. The van der Waals surface area contributed by atoms with Crippen molar-refractivity contribution < 1.29 is 0 Å². The highest BCUT2D eigenvalue weighted by Gasteiger charge is 2.12. The van der Waals surface area contributed by atoms with E-state index >= 15 is 0 Å². The topological polar surface area (TPSA) is 0 Å². The lowest BCUT2D eigenvalue weighted by molar-refractivity contribution is 0.795. The molecule has 0 aliphatic carbocycles. The third kappa shape index (κ3) is 6.35. The van der Waals surface area contributed by atoms with Gasteiger partial charge >= 0.3 is 0 Å². The lowest BCUT2D eigenvalue weighted by atomic mass is 9.90. The molecule has 0 heteroatoms. The van der Waals surface area contributed by atoms with E-state index in [0.717, 1.165) is 12.8 Å². The highest BCUT2D eigenvalue weighted by atomic mass is 14.2. The molecule has 0 saturated carbocycles. The van der Waals surface area contributed by atoms with Crippen molar-refractivity contribution in [3.63, 3.8) is 0 Å². The Bertz CT molecular complexity index is 2300. The van der Waals surface area contributed by atoms with Crippen LogP contribution >= 0.6 is 0 Å². The van der Waals surface area contributed by atoms with Crippen LogP contribution in [0.4, 0.5) is 0 Å². The predicted molar refractivity (Wildman–Crippen MR) is 218 cm³/mol. The largest absolute Gasteiger partial charge is 0.0654 e. The van der Waals surface area contributed by atoms with Crippen LogP contribution in [-0.2, 0) is 12.8 Å². The molecule has 0 amide bonds. The maximum absolute atomic E-state index is 2.38. The fourth-order valence-electron chi connectivity index (χ4n) is 7.56. The average Bonchev–Trinajstić information content (AvgIpc) is 3.19. The molecule has 0 bridgehead atoms. The molecule has 0 fully saturated rings. The molecule has 0 atom stereocenters. The number of rotatable bonds is 10. The zero-order chi connectivity index (χ0) is 33.9. The van der Waals surface area contributed by atoms with Gasteiger partial charge in [-0.1, -0.05) is 160 Å². The lowest BCUT2D eigenvalue weighted by Gasteiger charge is -2.14. The first-order chi connectivity index (χ1) is 24.7. The van der Waals surface area contributed by atoms with Gasteiger partial charge in [0.05, 0.1) is 0 Å². The van der Waals surface area contributed by atoms with Crippen LogP contribution in [0.15, 0.2) is 158 Å². The lowest BCUT2D eigenvalue weighted by Crippen LogP contribution is -1.89. The van der Waals surface area contributed by atoms with E-state index in [-0.39, 0.29) is 0 Å². The van der Waals surface area contributed by atoms with Crippen LogP contribution in [0.3, 0.4) is 0 Å². The molecular formula is C50H44. The molecule has 244 valence electrons. The predicted octanol–water partition coefficient (Wildman–Crippen LogP) is 14.5. The van der Waals surface area contributed by atoms with Crippen LogP contribution < -0.4 is 0 Å². The Kier molecular flexibility index (Phi) is 9.02. The molecule has 0 radical (unpaired) electrons. The molecule has 0 aliphatic heterocycles. The zero-order valence-electron chi connectivity index (χ0n) is 29.3. The highest BCUT2D eigenvalue weighted by molar-refractivity contribution is 6.25. The minimum absolute atomic E-state index is 1.14. The van der Waals surface area contributed by atoms with Crippen molar-refractivity contribution in [2.45, 2.75) is 52.4 Å². The van der Waals surface area contributed by atoms with Gasteiger partial charge in [-0.15, -0.1) is 0 Å². The zero-order valence-corrected chi connectivity index (χ0v) is 29.3. The summed E-state index contributed by atoms with van der Waals surface area (Å²) in [6.45, 7) is 4.52. The van der Waals surface area contributed by atoms with E-state index in [9.17, 15) is 0 Å². The maximum atomic E-state index is 2.38. The van der Waals surface area contributed by atoms with Crippen molar-refractivity contribution in [1.29, 1.82) is 0 Å². The number of unbranched alkanes of at least 4 members (excludes halogenated alkanes) is 2. The number of benzene rings is 8. The van der Waals surface area contributed by atoms with Gasteiger partial charge in [-0.2, -0.15) is 0 Å². The molecule has 0 unspecified atom stereocenters. The Morgan fingerprint density at radius 1 is 0.280 bits per heavy atom. The smallest absolute Gasteiger partial charge is 0.00928 e. The molecule has 50 heavy (non-hydrogen) atoms. The van der Waals surface area contributed by atoms with Gasteiger partial charge in [0.15, 0.2) is 0 Å². The van der Waals surface area contributed by atoms with Crippen molar-refractivity contribution in [1.82, 2.24) is 0 Å². The van der Waals surface area contributed by atoms with E-state index < -0.39 is 0 Å². The number of aryl methyl sites for hydroxylation is 2. The second-order valence-electron chi connectivity index (χ2n) is 13.8. The quantitative estimate of drug-likeness (QED) is 0.130. The van der Waals surface area contributed by atoms with Gasteiger partial charge < -0.3 is 0 Å². The van der Waals surface area contributed by atoms with Crippen LogP contribution in [0.1, 0.15) is 50.7 Å². The Hall–Kier alpha value is -5.46. The average molecular weight is 645 g/mol. The molecule has 0 N–H and O–H groups in total. The molecule has 0 spiro atoms. The van der Waals surface area contributed by atoms with Crippen molar-refractivity contribution in [2.75, 3.05) is 0 Å². The summed E-state index contributed by atoms with van der Waals surface area (Å²) < 4.78 is 0. The molecule has 8 aromatic carbocycles. The van der Waals surface area contributed by atoms with Gasteiger partial charge in [0.1, 0.15) is 0 Å². The first-order valence-corrected chi connectivity index (χ1v) is 18.5. The second-order valence-corrected chi connectivity index (χ2v) is 13.8. The van der Waals surface area contributed by atoms with Crippen molar-refractivity contribution >= 4 is 32.3 Å². The van der Waals surface area contributed by atoms with E-state index in [1.807, 2.05) is 0 Å². The van der Waals surface area contributed by atoms with E-state index in [2.05, 4.69) is 172 Å². The fourth-order valence-corrected chi connectivity index (χ4v) is 7.56. The molecule has 0 aromatic heterocycles. The van der Waals surface area contributed by atoms with E-state index in [0.29, 0.717) is 0 Å². The van der Waals surface area contributed by atoms with Gasteiger partial charge in [-0.05, 0) is 138 Å². The van der Waals surface area contributed by atoms with Crippen molar-refractivity contribution in [3.05, 3.63) is 169 Å². The summed E-state index contributed by atoms with van der Waals surface area (Å²) in [6, 6.07) is 59.3. The number of fused-ring (bicyclic) bond motifs is 6. The monoisotopic (exact) mass is 644 g/mol. The van der Waals surface area contributed by atoms with Gasteiger partial charge in [0.2, 0.25) is 0 Å². The molecule has 0 heterocycles. The summed E-state index contributed by atoms with van der Waals surface area (Å²) in [6.07, 6.45) is 7.19. The van der Waals surface area contributed by atoms with Gasteiger partial charge in [0, 0.05) is 0 Å². The number of hydrogen-bond donors (Lipinski definition) is 0. The Morgan fingerprint density at radius 2 is 0.600 bits per heavy atom. The minimum atomic E-state index is 1.14. The molecule has 0 aliphatic rings. The summed E-state index contributed by atoms with van der Waals surface area (Å²) in [5.41, 5.74) is 12.8. The summed E-state index contributed by atoms with van der Waals surface area (Å²) in [4.78, 5) is 0. The standard InChI is InChI=1S/C50H44/c1-3-5-11-35-17-21-38(22-18-35)42-31-43(39-23-19-36(20-24-39)12-6-4-2)33-44(32-42)40-27-25-37(26-28-40)41-29-30-49-47-15-8-7-13-45(47)46-14-9-10-16-48(46)50(49)34-41/h7-10,13-34H,3-6,11-12H2,1-2H3. The normalized spacial score (nSPS) is 11.5. The van der Waals surface area contributed by atoms with Crippen molar-refractivity contribution in [3.8, 4) is 44.5 Å². The maximum Gasteiger partial charge on any atom is -0.00928 e. The summed E-state index contributed by atoms with van der Waals surface area (Å²) in [5.74, 6) is 0. The molecule has 0 nitrogen and oxygen atoms in total. The minimum Gasteiger partial charge on any atom is -0.0654 e. The molecule has 0 saturated heterocycles. The van der Waals surface area contributed by atoms with Gasteiger partial charge in [-0.3, -0.25) is 0 Å². The molecule has 8 rings (SSSR count). The number of hydrogen-bond acceptors (Lipinski definition) is 0. The van der Waals surface area contributed by atoms with Gasteiger partial charge in [-0.25, -0.2) is 0 Å². The van der Waals surface area contributed by atoms with E-state index in [1.54, 1.807) is 0 Å². The second kappa shape index (κ2) is 14.2. The van der Waals surface area contributed by atoms with Crippen LogP contribution in [0.25, 0.3) is 76.8 Å². The summed E-state index contributed by atoms with van der Waals surface area (Å²) in [7, 11) is 0. The summed E-state index contributed by atoms with van der Waals surface area (Å²) in [5, 5.41) is 7.85. The third-order valence-corrected chi connectivity index (χ3v) is 10.4. The van der Waals surface area contributed by atoms with Crippen molar-refractivity contribution in [2.24, 2.45) is 0 Å². The highest BCUT2D eigenvalue weighted by Crippen LogP contribution is 2.38. The molecule has 8 aromatic rings. The Balaban J connectivity index is 1.17. The Labute approximate surface area is 297 Å². The van der Waals surface area contributed by atoms with E-state index in [1.165, 1.54) is 114 Å².